The zero-order chi connectivity index (χ0) is 20.9. The molecule has 1 aromatic heterocycles. The smallest absolute Gasteiger partial charge is 0.222 e. The van der Waals surface area contributed by atoms with Crippen LogP contribution < -0.4 is 9.47 Å². The number of rotatable bonds is 7. The van der Waals surface area contributed by atoms with E-state index in [0.29, 0.717) is 26.0 Å². The molecule has 5 heteroatoms. The van der Waals surface area contributed by atoms with Crippen LogP contribution in [0.3, 0.4) is 0 Å². The van der Waals surface area contributed by atoms with Gasteiger partial charge in [-0.3, -0.25) is 4.79 Å². The highest BCUT2D eigenvalue weighted by atomic mass is 16.5. The van der Waals surface area contributed by atoms with Crippen molar-refractivity contribution in [2.45, 2.75) is 26.2 Å². The standard InChI is InChI=1S/C25H28N2O3/c1-18-5-3-6-22-23(17-26-25(18)22)19-12-14-27(15-13-19)24(28)7-4-16-30-21-10-8-20(29-2)9-11-21/h3,5-6,8-12,17,26H,4,7,13-16H2,1-2H3. The fraction of sp³-hybridized carbons (Fsp3) is 0.320. The average Bonchev–Trinajstić information content (AvgIpc) is 3.22. The molecule has 3 aromatic rings. The van der Waals surface area contributed by atoms with Gasteiger partial charge < -0.3 is 19.4 Å². The topological polar surface area (TPSA) is 54.6 Å². The fourth-order valence-corrected chi connectivity index (χ4v) is 3.96. The lowest BCUT2D eigenvalue weighted by Gasteiger charge is -2.26. The van der Waals surface area contributed by atoms with E-state index in [1.54, 1.807) is 7.11 Å². The highest BCUT2D eigenvalue weighted by molar-refractivity contribution is 5.94. The van der Waals surface area contributed by atoms with Crippen LogP contribution in [0, 0.1) is 6.92 Å². The van der Waals surface area contributed by atoms with Crippen molar-refractivity contribution in [1.82, 2.24) is 9.88 Å². The van der Waals surface area contributed by atoms with Crippen molar-refractivity contribution in [3.05, 3.63) is 65.9 Å². The van der Waals surface area contributed by atoms with E-state index in [-0.39, 0.29) is 5.91 Å². The van der Waals surface area contributed by atoms with Crippen LogP contribution in [0.15, 0.2) is 54.7 Å². The number of methoxy groups -OCH3 is 1. The molecule has 0 unspecified atom stereocenters. The highest BCUT2D eigenvalue weighted by Gasteiger charge is 2.19. The van der Waals surface area contributed by atoms with E-state index in [9.17, 15) is 4.79 Å². The summed E-state index contributed by atoms with van der Waals surface area (Å²) in [6.07, 6.45) is 6.39. The molecule has 4 rings (SSSR count). The number of carbonyl (C=O) groups is 1. The number of hydrogen-bond donors (Lipinski definition) is 1. The Bertz CT molecular complexity index is 1050. The molecule has 0 saturated carbocycles. The zero-order valence-electron chi connectivity index (χ0n) is 17.6. The molecule has 5 nitrogen and oxygen atoms in total. The van der Waals surface area contributed by atoms with Gasteiger partial charge in [-0.25, -0.2) is 0 Å². The van der Waals surface area contributed by atoms with Gasteiger partial charge in [0.25, 0.3) is 0 Å². The van der Waals surface area contributed by atoms with E-state index in [2.05, 4.69) is 42.4 Å². The molecule has 0 radical (unpaired) electrons. The number of amides is 1. The minimum Gasteiger partial charge on any atom is -0.497 e. The second-order valence-corrected chi connectivity index (χ2v) is 7.65. The van der Waals surface area contributed by atoms with Crippen molar-refractivity contribution in [2.75, 3.05) is 26.8 Å². The quantitative estimate of drug-likeness (QED) is 0.566. The Morgan fingerprint density at radius 2 is 1.93 bits per heavy atom. The van der Waals surface area contributed by atoms with Crippen molar-refractivity contribution >= 4 is 22.4 Å². The molecule has 0 fully saturated rings. The number of aromatic nitrogens is 1. The summed E-state index contributed by atoms with van der Waals surface area (Å²) in [6, 6.07) is 13.9. The molecule has 156 valence electrons. The van der Waals surface area contributed by atoms with Crippen LogP contribution in [0.2, 0.25) is 0 Å². The van der Waals surface area contributed by atoms with Gasteiger partial charge in [-0.1, -0.05) is 24.3 Å². The maximum absolute atomic E-state index is 12.6. The van der Waals surface area contributed by atoms with Gasteiger partial charge in [0.05, 0.1) is 13.7 Å². The Balaban J connectivity index is 1.27. The third-order valence-corrected chi connectivity index (χ3v) is 5.69. The lowest BCUT2D eigenvalue weighted by atomic mass is 9.98. The largest absolute Gasteiger partial charge is 0.497 e. The predicted octanol–water partition coefficient (Wildman–Crippen LogP) is 4.96. The van der Waals surface area contributed by atoms with E-state index in [4.69, 9.17) is 9.47 Å². The SMILES string of the molecule is COc1ccc(OCCCC(=O)N2CC=C(c3c[nH]c4c(C)cccc34)CC2)cc1. The first-order valence-electron chi connectivity index (χ1n) is 10.5. The Morgan fingerprint density at radius 3 is 2.67 bits per heavy atom. The molecule has 1 aliphatic heterocycles. The molecule has 0 atom stereocenters. The lowest BCUT2D eigenvalue weighted by molar-refractivity contribution is -0.131. The summed E-state index contributed by atoms with van der Waals surface area (Å²) < 4.78 is 10.9. The average molecular weight is 405 g/mol. The van der Waals surface area contributed by atoms with Gasteiger partial charge in [0.2, 0.25) is 5.91 Å². The Labute approximate surface area is 177 Å². The van der Waals surface area contributed by atoms with E-state index in [1.807, 2.05) is 29.2 Å². The summed E-state index contributed by atoms with van der Waals surface area (Å²) in [6.45, 7) is 4.09. The summed E-state index contributed by atoms with van der Waals surface area (Å²) in [5.74, 6) is 1.79. The van der Waals surface area contributed by atoms with Crippen molar-refractivity contribution in [3.63, 3.8) is 0 Å². The molecular weight excluding hydrogens is 376 g/mol. The first-order valence-corrected chi connectivity index (χ1v) is 10.5. The Morgan fingerprint density at radius 1 is 1.13 bits per heavy atom. The molecule has 0 spiro atoms. The minimum absolute atomic E-state index is 0.193. The number of H-pyrrole nitrogens is 1. The summed E-state index contributed by atoms with van der Waals surface area (Å²) in [5.41, 5.74) is 5.03. The normalized spacial score (nSPS) is 13.9. The number of benzene rings is 2. The maximum Gasteiger partial charge on any atom is 0.222 e. The number of aryl methyl sites for hydroxylation is 1. The van der Waals surface area contributed by atoms with Gasteiger partial charge in [0.1, 0.15) is 11.5 Å². The molecule has 0 bridgehead atoms. The van der Waals surface area contributed by atoms with Crippen molar-refractivity contribution in [2.24, 2.45) is 0 Å². The number of aromatic amines is 1. The monoisotopic (exact) mass is 404 g/mol. The van der Waals surface area contributed by atoms with Crippen LogP contribution in [0.1, 0.15) is 30.4 Å². The number of carbonyl (C=O) groups excluding carboxylic acids is 1. The number of ether oxygens (including phenoxy) is 2. The number of nitrogens with zero attached hydrogens (tertiary/aromatic N) is 1. The molecule has 30 heavy (non-hydrogen) atoms. The fourth-order valence-electron chi connectivity index (χ4n) is 3.96. The maximum atomic E-state index is 12.6. The Kier molecular flexibility index (Phi) is 6.07. The second-order valence-electron chi connectivity index (χ2n) is 7.65. The van der Waals surface area contributed by atoms with E-state index >= 15 is 0 Å². The third kappa shape index (κ3) is 4.35. The number of nitrogens with one attached hydrogen (secondary N) is 1. The van der Waals surface area contributed by atoms with E-state index in [0.717, 1.165) is 24.5 Å². The lowest BCUT2D eigenvalue weighted by Crippen LogP contribution is -2.34. The molecule has 1 aliphatic rings. The molecule has 0 aliphatic carbocycles. The van der Waals surface area contributed by atoms with Gasteiger partial charge in [-0.2, -0.15) is 0 Å². The van der Waals surface area contributed by atoms with Crippen molar-refractivity contribution in [3.8, 4) is 11.5 Å². The van der Waals surface area contributed by atoms with Gasteiger partial charge in [-0.05, 0) is 55.2 Å². The van der Waals surface area contributed by atoms with Crippen molar-refractivity contribution in [1.29, 1.82) is 0 Å². The highest BCUT2D eigenvalue weighted by Crippen LogP contribution is 2.30. The third-order valence-electron chi connectivity index (χ3n) is 5.69. The molecule has 1 amide bonds. The van der Waals surface area contributed by atoms with Gasteiger partial charge in [0, 0.05) is 42.2 Å². The zero-order valence-corrected chi connectivity index (χ0v) is 17.6. The first-order chi connectivity index (χ1) is 14.7. The number of hydrogen-bond acceptors (Lipinski definition) is 3. The van der Waals surface area contributed by atoms with Crippen LogP contribution in [0.25, 0.3) is 16.5 Å². The number of fused-ring (bicyclic) bond motifs is 1. The second kappa shape index (κ2) is 9.08. The summed E-state index contributed by atoms with van der Waals surface area (Å²) in [4.78, 5) is 17.9. The molecule has 2 aromatic carbocycles. The van der Waals surface area contributed by atoms with Crippen LogP contribution in [0.4, 0.5) is 0 Å². The summed E-state index contributed by atoms with van der Waals surface area (Å²) in [5, 5.41) is 1.26. The van der Waals surface area contributed by atoms with Crippen LogP contribution in [-0.2, 0) is 4.79 Å². The van der Waals surface area contributed by atoms with E-state index < -0.39 is 0 Å². The molecular formula is C25H28N2O3. The molecule has 0 saturated heterocycles. The minimum atomic E-state index is 0.193. The van der Waals surface area contributed by atoms with Crippen LogP contribution in [-0.4, -0.2) is 42.6 Å². The van der Waals surface area contributed by atoms with Crippen LogP contribution in [0.5, 0.6) is 11.5 Å². The van der Waals surface area contributed by atoms with E-state index in [1.165, 1.54) is 27.6 Å². The molecule has 1 N–H and O–H groups in total. The van der Waals surface area contributed by atoms with Gasteiger partial charge in [0.15, 0.2) is 0 Å². The van der Waals surface area contributed by atoms with Crippen molar-refractivity contribution < 1.29 is 14.3 Å². The van der Waals surface area contributed by atoms with Crippen LogP contribution >= 0.6 is 0 Å². The number of para-hydroxylation sites is 1. The summed E-state index contributed by atoms with van der Waals surface area (Å²) in [7, 11) is 1.64. The van der Waals surface area contributed by atoms with Gasteiger partial charge in [-0.15, -0.1) is 0 Å². The molecule has 2 heterocycles. The summed E-state index contributed by atoms with van der Waals surface area (Å²) >= 11 is 0. The van der Waals surface area contributed by atoms with Gasteiger partial charge >= 0.3 is 0 Å². The predicted molar refractivity (Wildman–Crippen MR) is 120 cm³/mol. The first kappa shape index (κ1) is 20.1. The Hall–Kier alpha value is -3.21.